The molecule has 0 spiro atoms. The Hall–Kier alpha value is -0.254. The third-order valence-electron chi connectivity index (χ3n) is 5.59. The molecule has 0 unspecified atom stereocenters. The summed E-state index contributed by atoms with van der Waals surface area (Å²) in [4.78, 5) is 23.3. The Labute approximate surface area is 213 Å². The van der Waals surface area contributed by atoms with Crippen LogP contribution in [0.4, 0.5) is 0 Å². The molecule has 3 atom stereocenters. The number of aliphatic hydroxyl groups is 4. The average molecular weight is 473 g/mol. The molecule has 7 nitrogen and oxygen atoms in total. The summed E-state index contributed by atoms with van der Waals surface area (Å²) >= 11 is 0. The van der Waals surface area contributed by atoms with Crippen molar-refractivity contribution in [1.82, 2.24) is 0 Å². The number of ether oxygens (including phenoxy) is 1. The van der Waals surface area contributed by atoms with Gasteiger partial charge in [0.05, 0.1) is 6.61 Å². The van der Waals surface area contributed by atoms with Gasteiger partial charge in [-0.2, -0.15) is 0 Å². The summed E-state index contributed by atoms with van der Waals surface area (Å²) in [7, 11) is 0. The molecule has 0 rings (SSSR count). The molecule has 0 bridgehead atoms. The molecule has 0 aliphatic rings. The number of rotatable bonds is 22. The Kier molecular flexibility index (Phi) is 25.3. The second-order valence-electron chi connectivity index (χ2n) is 8.51. The van der Waals surface area contributed by atoms with Crippen LogP contribution in [0.3, 0.4) is 0 Å². The number of carbonyl (C=O) groups is 2. The minimum atomic E-state index is -1.90. The Balaban J connectivity index is -0.00000150. The van der Waals surface area contributed by atoms with Crippen molar-refractivity contribution in [2.45, 2.75) is 128 Å². The van der Waals surface area contributed by atoms with Gasteiger partial charge in [-0.05, 0) is 6.42 Å². The first-order valence-electron chi connectivity index (χ1n) is 12.3. The van der Waals surface area contributed by atoms with Crippen LogP contribution in [0.5, 0.6) is 0 Å². The van der Waals surface area contributed by atoms with Crippen molar-refractivity contribution in [3.8, 4) is 0 Å². The van der Waals surface area contributed by atoms with E-state index in [2.05, 4.69) is 6.92 Å². The second kappa shape index (κ2) is 23.9. The third kappa shape index (κ3) is 19.2. The van der Waals surface area contributed by atoms with Gasteiger partial charge in [0.1, 0.15) is 18.3 Å². The number of carbonyl (C=O) groups excluding carboxylic acids is 2. The van der Waals surface area contributed by atoms with Crippen LogP contribution in [0.2, 0.25) is 0 Å². The molecule has 0 radical (unpaired) electrons. The minimum Gasteiger partial charge on any atom is -1.00 e. The van der Waals surface area contributed by atoms with E-state index in [0.717, 1.165) is 12.8 Å². The molecule has 0 aromatic rings. The first-order chi connectivity index (χ1) is 14.9. The topological polar surface area (TPSA) is 124 Å². The zero-order valence-corrected chi connectivity index (χ0v) is 21.6. The molecule has 0 fully saturated rings. The average Bonchev–Trinajstić information content (AvgIpc) is 2.78. The number of unbranched alkanes of at least 4 members (excludes halogenated alkanes) is 14. The monoisotopic (exact) mass is 472 g/mol. The maximum absolute atomic E-state index is 11.7. The first-order valence-corrected chi connectivity index (χ1v) is 12.3. The maximum atomic E-state index is 11.7. The van der Waals surface area contributed by atoms with E-state index < -0.39 is 43.3 Å². The molecule has 0 aliphatic heterocycles. The quantitative estimate of drug-likeness (QED) is 0.108. The number of Topliss-reactive ketones (excluding diaryl/α,β-unsaturated/α-hetero) is 1. The summed E-state index contributed by atoms with van der Waals surface area (Å²) < 4.78 is 4.80. The van der Waals surface area contributed by atoms with Gasteiger partial charge in [0, 0.05) is 6.42 Å². The molecule has 0 amide bonds. The first kappa shape index (κ1) is 33.9. The van der Waals surface area contributed by atoms with Crippen molar-refractivity contribution >= 4 is 34.8 Å². The summed E-state index contributed by atoms with van der Waals surface area (Å²) in [5.41, 5.74) is 0. The van der Waals surface area contributed by atoms with Crippen molar-refractivity contribution in [3.05, 3.63) is 0 Å². The number of ketones is 1. The fourth-order valence-electron chi connectivity index (χ4n) is 3.46. The molecule has 0 saturated carbocycles. The van der Waals surface area contributed by atoms with E-state index in [0.29, 0.717) is 6.42 Å². The summed E-state index contributed by atoms with van der Waals surface area (Å²) in [6.07, 6.45) is 13.5. The minimum absolute atomic E-state index is 0. The van der Waals surface area contributed by atoms with Gasteiger partial charge in [0.2, 0.25) is 5.78 Å². The van der Waals surface area contributed by atoms with Crippen molar-refractivity contribution in [3.63, 3.8) is 0 Å². The predicted molar refractivity (Wildman–Crippen MR) is 129 cm³/mol. The van der Waals surface area contributed by atoms with Crippen LogP contribution in [0.25, 0.3) is 0 Å². The zero-order valence-electron chi connectivity index (χ0n) is 22.2. The van der Waals surface area contributed by atoms with Crippen LogP contribution in [-0.4, -0.2) is 86.8 Å². The van der Waals surface area contributed by atoms with E-state index in [1.807, 2.05) is 0 Å². The van der Waals surface area contributed by atoms with Gasteiger partial charge in [-0.1, -0.05) is 96.8 Å². The van der Waals surface area contributed by atoms with Crippen molar-refractivity contribution in [2.24, 2.45) is 0 Å². The Bertz CT molecular complexity index is 459. The summed E-state index contributed by atoms with van der Waals surface area (Å²) in [6.45, 7) is 0.800. The summed E-state index contributed by atoms with van der Waals surface area (Å²) in [5, 5.41) is 36.9. The SMILES string of the molecule is CCCCCCCCCCCCCCCCCC(=O)OCC(=O)[C@H](O)[C@@H](O)[C@H](O)CO.[H-].[H-].[Mg+2]. The normalized spacial score (nSPS) is 13.8. The summed E-state index contributed by atoms with van der Waals surface area (Å²) in [6, 6.07) is 0. The Morgan fingerprint density at radius 1 is 0.750 bits per heavy atom. The van der Waals surface area contributed by atoms with Crippen LogP contribution < -0.4 is 0 Å². The molecule has 0 heterocycles. The van der Waals surface area contributed by atoms with Crippen molar-refractivity contribution < 1.29 is 37.6 Å². The van der Waals surface area contributed by atoms with Crippen LogP contribution in [-0.2, 0) is 14.3 Å². The van der Waals surface area contributed by atoms with Gasteiger partial charge in [-0.3, -0.25) is 9.59 Å². The number of aliphatic hydroxyl groups excluding tert-OH is 4. The maximum Gasteiger partial charge on any atom is 2.00 e. The molecular formula is C24H48MgO7. The van der Waals surface area contributed by atoms with Gasteiger partial charge >= 0.3 is 29.0 Å². The van der Waals surface area contributed by atoms with Crippen molar-refractivity contribution in [2.75, 3.05) is 13.2 Å². The zero-order chi connectivity index (χ0) is 23.3. The molecule has 0 aliphatic carbocycles. The van der Waals surface area contributed by atoms with Gasteiger partial charge in [-0.25, -0.2) is 0 Å². The smallest absolute Gasteiger partial charge is 1.00 e. The molecule has 0 aromatic carbocycles. The molecule has 188 valence electrons. The van der Waals surface area contributed by atoms with E-state index in [1.54, 1.807) is 0 Å². The van der Waals surface area contributed by atoms with Crippen LogP contribution in [0.1, 0.15) is 113 Å². The van der Waals surface area contributed by atoms with Gasteiger partial charge in [0.15, 0.2) is 6.61 Å². The van der Waals surface area contributed by atoms with E-state index in [4.69, 9.17) is 9.84 Å². The number of esters is 1. The number of hydrogen-bond donors (Lipinski definition) is 4. The fraction of sp³-hybridized carbons (Fsp3) is 0.917. The molecule has 32 heavy (non-hydrogen) atoms. The van der Waals surface area contributed by atoms with E-state index in [1.165, 1.54) is 77.0 Å². The molecule has 8 heteroatoms. The van der Waals surface area contributed by atoms with Gasteiger partial charge in [0.25, 0.3) is 0 Å². The van der Waals surface area contributed by atoms with Gasteiger partial charge in [-0.15, -0.1) is 0 Å². The summed E-state index contributed by atoms with van der Waals surface area (Å²) in [5.74, 6) is -1.43. The molecule has 0 saturated heterocycles. The largest absolute Gasteiger partial charge is 2.00 e. The Morgan fingerprint density at radius 2 is 1.16 bits per heavy atom. The standard InChI is InChI=1S/C24H46O7.Mg.2H/c1-2-3-4-5-6-7-8-9-10-11-12-13-14-15-16-17-22(28)31-19-21(27)24(30)23(29)20(26)18-25;;;/h20,23-26,29-30H,2-19H2,1H3;;;/q;+2;2*-1/t20-,23+,24+;;;/m1.../s1. The van der Waals surface area contributed by atoms with Crippen LogP contribution in [0, 0.1) is 0 Å². The van der Waals surface area contributed by atoms with Gasteiger partial charge < -0.3 is 28.0 Å². The molecular weight excluding hydrogens is 425 g/mol. The molecule has 0 aromatic heterocycles. The fourth-order valence-corrected chi connectivity index (χ4v) is 3.46. The van der Waals surface area contributed by atoms with Crippen LogP contribution in [0.15, 0.2) is 0 Å². The molecule has 4 N–H and O–H groups in total. The predicted octanol–water partition coefficient (Wildman–Crippen LogP) is 3.28. The number of hydrogen-bond acceptors (Lipinski definition) is 7. The van der Waals surface area contributed by atoms with E-state index in [9.17, 15) is 24.9 Å². The van der Waals surface area contributed by atoms with E-state index in [-0.39, 0.29) is 32.3 Å². The third-order valence-corrected chi connectivity index (χ3v) is 5.59. The van der Waals surface area contributed by atoms with E-state index >= 15 is 0 Å². The van der Waals surface area contributed by atoms with Crippen molar-refractivity contribution in [1.29, 1.82) is 0 Å². The second-order valence-corrected chi connectivity index (χ2v) is 8.51. The van der Waals surface area contributed by atoms with Crippen LogP contribution >= 0.6 is 0 Å². The Morgan fingerprint density at radius 3 is 1.56 bits per heavy atom.